The molecular formula is C7H5N3OS. The normalized spacial score (nSPS) is 10.0. The highest BCUT2D eigenvalue weighted by atomic mass is 32.1. The second-order valence-electron chi connectivity index (χ2n) is 2.14. The summed E-state index contributed by atoms with van der Waals surface area (Å²) in [7, 11) is 0. The predicted molar refractivity (Wildman–Crippen MR) is 45.1 cm³/mol. The van der Waals surface area contributed by atoms with Crippen LogP contribution >= 0.6 is 11.3 Å². The maximum absolute atomic E-state index is 10.3. The Bertz CT molecular complexity index is 379. The minimum Gasteiger partial charge on any atom is -0.334 e. The first-order chi connectivity index (χ1) is 5.90. The molecule has 0 aliphatic rings. The molecule has 0 saturated carbocycles. The van der Waals surface area contributed by atoms with Crippen molar-refractivity contribution in [1.29, 1.82) is 0 Å². The molecule has 0 aliphatic heterocycles. The molecule has 0 amide bonds. The number of nitrogens with one attached hydrogen (secondary N) is 1. The van der Waals surface area contributed by atoms with Crippen LogP contribution in [0.4, 0.5) is 0 Å². The summed E-state index contributed by atoms with van der Waals surface area (Å²) >= 11 is 1.50. The molecule has 2 rings (SSSR count). The van der Waals surface area contributed by atoms with Gasteiger partial charge < -0.3 is 4.98 Å². The second-order valence-corrected chi connectivity index (χ2v) is 3.03. The van der Waals surface area contributed by atoms with E-state index in [0.717, 1.165) is 10.7 Å². The Morgan fingerprint density at radius 1 is 1.50 bits per heavy atom. The largest absolute Gasteiger partial charge is 0.334 e. The Kier molecular flexibility index (Phi) is 1.71. The molecule has 0 aliphatic carbocycles. The number of hydrogen-bond acceptors (Lipinski definition) is 4. The number of aromatic nitrogens is 3. The van der Waals surface area contributed by atoms with Gasteiger partial charge in [0.05, 0.1) is 11.9 Å². The van der Waals surface area contributed by atoms with Crippen molar-refractivity contribution in [2.75, 3.05) is 0 Å². The number of carbonyl (C=O) groups excluding carboxylic acids is 1. The van der Waals surface area contributed by atoms with Gasteiger partial charge >= 0.3 is 0 Å². The van der Waals surface area contributed by atoms with Crippen LogP contribution in [-0.2, 0) is 0 Å². The van der Waals surface area contributed by atoms with Gasteiger partial charge in [0.2, 0.25) is 0 Å². The van der Waals surface area contributed by atoms with E-state index in [1.165, 1.54) is 11.3 Å². The molecule has 2 aromatic heterocycles. The number of imidazole rings is 1. The Hall–Kier alpha value is -1.49. The van der Waals surface area contributed by atoms with Gasteiger partial charge in [-0.05, 0) is 0 Å². The Balaban J connectivity index is 2.41. The van der Waals surface area contributed by atoms with Gasteiger partial charge in [-0.15, -0.1) is 11.3 Å². The molecule has 2 aromatic rings. The van der Waals surface area contributed by atoms with Crippen LogP contribution in [-0.4, -0.2) is 21.2 Å². The molecule has 1 N–H and O–H groups in total. The summed E-state index contributed by atoms with van der Waals surface area (Å²) in [6.45, 7) is 0. The maximum atomic E-state index is 10.3. The monoisotopic (exact) mass is 179 g/mol. The third-order valence-electron chi connectivity index (χ3n) is 1.37. The van der Waals surface area contributed by atoms with E-state index in [0.29, 0.717) is 12.1 Å². The molecule has 60 valence electrons. The van der Waals surface area contributed by atoms with E-state index in [1.807, 2.05) is 5.38 Å². The minimum atomic E-state index is 0.334. The van der Waals surface area contributed by atoms with Crippen LogP contribution in [0.5, 0.6) is 0 Å². The molecule has 0 bridgehead atoms. The topological polar surface area (TPSA) is 58.6 Å². The van der Waals surface area contributed by atoms with Gasteiger partial charge in [0, 0.05) is 11.6 Å². The number of nitrogens with zero attached hydrogens (tertiary/aromatic N) is 2. The molecule has 12 heavy (non-hydrogen) atoms. The number of rotatable bonds is 2. The molecule has 0 unspecified atom stereocenters. The summed E-state index contributed by atoms with van der Waals surface area (Å²) in [6.07, 6.45) is 3.99. The number of aldehydes is 1. The molecule has 0 spiro atoms. The van der Waals surface area contributed by atoms with Gasteiger partial charge in [0.1, 0.15) is 5.01 Å². The summed E-state index contributed by atoms with van der Waals surface area (Å²) in [5.74, 6) is 0.334. The van der Waals surface area contributed by atoms with Gasteiger partial charge in [-0.2, -0.15) is 0 Å². The van der Waals surface area contributed by atoms with E-state index in [9.17, 15) is 4.79 Å². The number of aromatic amines is 1. The van der Waals surface area contributed by atoms with E-state index in [4.69, 9.17) is 0 Å². The first-order valence-corrected chi connectivity index (χ1v) is 4.18. The van der Waals surface area contributed by atoms with Gasteiger partial charge in [-0.3, -0.25) is 4.79 Å². The van der Waals surface area contributed by atoms with Crippen LogP contribution in [0.2, 0.25) is 0 Å². The van der Waals surface area contributed by atoms with E-state index in [-0.39, 0.29) is 0 Å². The highest BCUT2D eigenvalue weighted by molar-refractivity contribution is 7.13. The molecule has 0 aromatic carbocycles. The lowest BCUT2D eigenvalue weighted by Crippen LogP contribution is -1.80. The molecule has 0 fully saturated rings. The Morgan fingerprint density at radius 2 is 2.42 bits per heavy atom. The average Bonchev–Trinajstić information content (AvgIpc) is 2.75. The molecule has 5 heteroatoms. The van der Waals surface area contributed by atoms with Crippen molar-refractivity contribution in [3.05, 3.63) is 23.6 Å². The summed E-state index contributed by atoms with van der Waals surface area (Å²) in [5.41, 5.74) is 0.784. The standard InChI is InChI=1S/C7H5N3OS/c11-4-6-9-3-5(10-6)7-8-1-2-12-7/h1-4H,(H,9,10). The predicted octanol–water partition coefficient (Wildman–Crippen LogP) is 1.35. The molecule has 4 nitrogen and oxygen atoms in total. The lowest BCUT2D eigenvalue weighted by molar-refractivity contribution is 0.111. The number of H-pyrrole nitrogens is 1. The summed E-state index contributed by atoms with van der Waals surface area (Å²) in [4.78, 5) is 21.0. The van der Waals surface area contributed by atoms with Crippen LogP contribution in [0, 0.1) is 0 Å². The van der Waals surface area contributed by atoms with Crippen molar-refractivity contribution < 1.29 is 4.79 Å². The first-order valence-electron chi connectivity index (χ1n) is 3.30. The van der Waals surface area contributed by atoms with Crippen molar-refractivity contribution in [2.45, 2.75) is 0 Å². The molecule has 0 radical (unpaired) electrons. The van der Waals surface area contributed by atoms with Gasteiger partial charge in [-0.1, -0.05) is 0 Å². The van der Waals surface area contributed by atoms with Crippen LogP contribution in [0.25, 0.3) is 10.7 Å². The number of thiazole rings is 1. The second kappa shape index (κ2) is 2.86. The molecule has 0 saturated heterocycles. The SMILES string of the molecule is O=Cc1ncc(-c2nccs2)[nH]1. The van der Waals surface area contributed by atoms with Crippen molar-refractivity contribution >= 4 is 17.6 Å². The van der Waals surface area contributed by atoms with Crippen LogP contribution in [0.1, 0.15) is 10.6 Å². The van der Waals surface area contributed by atoms with E-state index in [2.05, 4.69) is 15.0 Å². The van der Waals surface area contributed by atoms with Crippen molar-refractivity contribution in [3.8, 4) is 10.7 Å². The maximum Gasteiger partial charge on any atom is 0.185 e. The quantitative estimate of drug-likeness (QED) is 0.708. The van der Waals surface area contributed by atoms with E-state index >= 15 is 0 Å². The fourth-order valence-electron chi connectivity index (χ4n) is 0.862. The van der Waals surface area contributed by atoms with Gasteiger partial charge in [0.15, 0.2) is 12.1 Å². The lowest BCUT2D eigenvalue weighted by atomic mass is 10.5. The first kappa shape index (κ1) is 7.17. The zero-order valence-corrected chi connectivity index (χ0v) is 6.84. The van der Waals surface area contributed by atoms with Crippen LogP contribution < -0.4 is 0 Å². The highest BCUT2D eigenvalue weighted by Crippen LogP contribution is 2.18. The van der Waals surface area contributed by atoms with E-state index < -0.39 is 0 Å². The third kappa shape index (κ3) is 1.14. The summed E-state index contributed by atoms with van der Waals surface area (Å²) in [5, 5.41) is 2.71. The average molecular weight is 179 g/mol. The van der Waals surface area contributed by atoms with Crippen molar-refractivity contribution in [3.63, 3.8) is 0 Å². The van der Waals surface area contributed by atoms with Crippen molar-refractivity contribution in [2.24, 2.45) is 0 Å². The minimum absolute atomic E-state index is 0.334. The van der Waals surface area contributed by atoms with Gasteiger partial charge in [0.25, 0.3) is 0 Å². The zero-order valence-electron chi connectivity index (χ0n) is 6.02. The van der Waals surface area contributed by atoms with Crippen LogP contribution in [0.3, 0.4) is 0 Å². The molecular weight excluding hydrogens is 174 g/mol. The van der Waals surface area contributed by atoms with Gasteiger partial charge in [-0.25, -0.2) is 9.97 Å². The van der Waals surface area contributed by atoms with E-state index in [1.54, 1.807) is 12.4 Å². The highest BCUT2D eigenvalue weighted by Gasteiger charge is 2.03. The van der Waals surface area contributed by atoms with Crippen molar-refractivity contribution in [1.82, 2.24) is 15.0 Å². The summed E-state index contributed by atoms with van der Waals surface area (Å²) in [6, 6.07) is 0. The number of carbonyl (C=O) groups is 1. The summed E-state index contributed by atoms with van der Waals surface area (Å²) < 4.78 is 0. The lowest BCUT2D eigenvalue weighted by Gasteiger charge is -1.85. The third-order valence-corrected chi connectivity index (χ3v) is 2.18. The number of hydrogen-bond donors (Lipinski definition) is 1. The Labute approximate surface area is 72.3 Å². The molecule has 0 atom stereocenters. The fraction of sp³-hybridized carbons (Fsp3) is 0. The zero-order chi connectivity index (χ0) is 8.39. The van der Waals surface area contributed by atoms with Crippen LogP contribution in [0.15, 0.2) is 17.8 Å². The molecule has 2 heterocycles. The smallest absolute Gasteiger partial charge is 0.185 e. The Morgan fingerprint density at radius 3 is 3.00 bits per heavy atom. The fourth-order valence-corrected chi connectivity index (χ4v) is 1.46.